The van der Waals surface area contributed by atoms with E-state index in [4.69, 9.17) is 32.5 Å². The second-order valence-electron chi connectivity index (χ2n) is 6.76. The normalized spacial score (nSPS) is 36.9. The first-order chi connectivity index (χ1) is 14.9. The third-order valence-corrected chi connectivity index (χ3v) is 9.00. The first-order valence-corrected chi connectivity index (χ1v) is 13.2. The molecule has 1 saturated carbocycles. The Balaban J connectivity index is 1.94. The van der Waals surface area contributed by atoms with Gasteiger partial charge in [-0.1, -0.05) is 5.92 Å². The molecule has 0 aromatic carbocycles. The SMILES string of the molecule is C#CC1(O)C(n2ccc(=O)[nH]c2=O)OC2(CCl)C(OP(=O)(O)OP(=O)(O)OP(=O)(O)O)C12O. The van der Waals surface area contributed by atoms with E-state index in [9.17, 15) is 43.3 Å². The maximum absolute atomic E-state index is 12.1. The Labute approximate surface area is 186 Å². The summed E-state index contributed by atoms with van der Waals surface area (Å²) in [6, 6.07) is 0.854. The number of aliphatic hydroxyl groups is 2. The van der Waals surface area contributed by atoms with Crippen LogP contribution in [0.1, 0.15) is 6.23 Å². The van der Waals surface area contributed by atoms with Crippen molar-refractivity contribution in [2.24, 2.45) is 0 Å². The molecular weight excluding hydrogens is 541 g/mol. The molecule has 1 aliphatic carbocycles. The lowest BCUT2D eigenvalue weighted by atomic mass is 9.92. The molecule has 3 rings (SSSR count). The highest BCUT2D eigenvalue weighted by molar-refractivity contribution is 7.66. The summed E-state index contributed by atoms with van der Waals surface area (Å²) in [7, 11) is -17.4. The molecule has 33 heavy (non-hydrogen) atoms. The molecule has 2 aliphatic rings. The number of fused-ring (bicyclic) bond motifs is 1. The number of halogens is 1. The minimum atomic E-state index is -5.90. The van der Waals surface area contributed by atoms with Crippen molar-refractivity contribution in [3.05, 3.63) is 33.1 Å². The minimum absolute atomic E-state index is 0.585. The quantitative estimate of drug-likeness (QED) is 0.103. The average molecular weight is 555 g/mol. The monoisotopic (exact) mass is 554 g/mol. The molecule has 7 N–H and O–H groups in total. The molecular formula is C12H14ClN2O15P3. The van der Waals surface area contributed by atoms with Crippen LogP contribution in [-0.4, -0.2) is 68.1 Å². The van der Waals surface area contributed by atoms with E-state index in [1.54, 1.807) is 5.92 Å². The van der Waals surface area contributed by atoms with Crippen molar-refractivity contribution in [3.63, 3.8) is 0 Å². The van der Waals surface area contributed by atoms with Gasteiger partial charge in [0.15, 0.2) is 11.8 Å². The fourth-order valence-corrected chi connectivity index (χ4v) is 7.11. The molecule has 0 bridgehead atoms. The van der Waals surface area contributed by atoms with Crippen LogP contribution in [-0.2, 0) is 31.6 Å². The Hall–Kier alpha value is -1.18. The van der Waals surface area contributed by atoms with E-state index in [-0.39, 0.29) is 0 Å². The van der Waals surface area contributed by atoms with E-state index in [0.29, 0.717) is 4.57 Å². The largest absolute Gasteiger partial charge is 0.490 e. The van der Waals surface area contributed by atoms with E-state index < -0.39 is 69.7 Å². The molecule has 0 radical (unpaired) electrons. The third kappa shape index (κ3) is 4.23. The minimum Gasteiger partial charge on any atom is -0.380 e. The number of alkyl halides is 1. The number of hydrogen-bond donors (Lipinski definition) is 7. The number of nitrogens with one attached hydrogen (secondary N) is 1. The fraction of sp³-hybridized carbons (Fsp3) is 0.500. The van der Waals surface area contributed by atoms with E-state index in [1.807, 2.05) is 4.98 Å². The van der Waals surface area contributed by atoms with Crippen LogP contribution in [0.3, 0.4) is 0 Å². The van der Waals surface area contributed by atoms with E-state index >= 15 is 0 Å². The molecule has 1 aromatic heterocycles. The van der Waals surface area contributed by atoms with Gasteiger partial charge in [-0.25, -0.2) is 18.5 Å². The van der Waals surface area contributed by atoms with Gasteiger partial charge in [0.2, 0.25) is 5.60 Å². The summed E-state index contributed by atoms with van der Waals surface area (Å²) in [5.74, 6) is 0.960. The first-order valence-electron chi connectivity index (χ1n) is 8.18. The maximum atomic E-state index is 12.1. The summed E-state index contributed by atoms with van der Waals surface area (Å²) < 4.78 is 52.1. The Bertz CT molecular complexity index is 1280. The van der Waals surface area contributed by atoms with Crippen molar-refractivity contribution in [1.82, 2.24) is 9.55 Å². The number of hydrogen-bond acceptors (Lipinski definition) is 11. The number of aromatic nitrogens is 2. The smallest absolute Gasteiger partial charge is 0.380 e. The van der Waals surface area contributed by atoms with Gasteiger partial charge in [-0.15, -0.1) is 18.0 Å². The predicted molar refractivity (Wildman–Crippen MR) is 102 cm³/mol. The van der Waals surface area contributed by atoms with E-state index in [1.165, 1.54) is 0 Å². The van der Waals surface area contributed by atoms with Gasteiger partial charge in [-0.3, -0.25) is 18.9 Å². The Kier molecular flexibility index (Phi) is 6.34. The van der Waals surface area contributed by atoms with Crippen molar-refractivity contribution in [2.45, 2.75) is 29.1 Å². The highest BCUT2D eigenvalue weighted by Crippen LogP contribution is 2.74. The van der Waals surface area contributed by atoms with Gasteiger partial charge in [-0.05, 0) is 0 Å². The molecule has 7 unspecified atom stereocenters. The van der Waals surface area contributed by atoms with Crippen LogP contribution in [0.15, 0.2) is 21.9 Å². The van der Waals surface area contributed by atoms with Gasteiger partial charge >= 0.3 is 29.2 Å². The number of H-pyrrole nitrogens is 1. The number of rotatable bonds is 8. The zero-order chi connectivity index (χ0) is 25.3. The second kappa shape index (κ2) is 7.92. The van der Waals surface area contributed by atoms with Crippen molar-refractivity contribution < 1.29 is 61.4 Å². The van der Waals surface area contributed by atoms with Crippen LogP contribution in [0.5, 0.6) is 0 Å². The lowest BCUT2D eigenvalue weighted by Gasteiger charge is -2.32. The molecule has 7 atom stereocenters. The summed E-state index contributed by atoms with van der Waals surface area (Å²) in [6.45, 7) is 0. The Morgan fingerprint density at radius 2 is 1.79 bits per heavy atom. The van der Waals surface area contributed by atoms with Crippen LogP contribution in [0, 0.1) is 12.3 Å². The van der Waals surface area contributed by atoms with Gasteiger partial charge < -0.3 is 34.5 Å². The molecule has 1 aromatic rings. The fourth-order valence-electron chi connectivity index (χ4n) is 3.45. The molecule has 17 nitrogen and oxygen atoms in total. The molecule has 0 amide bonds. The van der Waals surface area contributed by atoms with Gasteiger partial charge in [0.25, 0.3) is 5.56 Å². The number of phosphoric ester groups is 1. The average Bonchev–Trinajstić information content (AvgIpc) is 3.05. The number of nitrogens with zero attached hydrogens (tertiary/aromatic N) is 1. The predicted octanol–water partition coefficient (Wildman–Crippen LogP) is -2.14. The molecule has 21 heteroatoms. The number of aromatic amines is 1. The van der Waals surface area contributed by atoms with Crippen LogP contribution in [0.2, 0.25) is 0 Å². The number of ether oxygens (including phenoxy) is 1. The topological polar surface area (TPSA) is 264 Å². The van der Waals surface area contributed by atoms with Gasteiger partial charge in [0, 0.05) is 12.3 Å². The van der Waals surface area contributed by atoms with E-state index in [0.717, 1.165) is 12.3 Å². The standard InChI is InChI=1S/C12H14ClN2O15P3/c1-2-10(18)8(15-4-3-6(16)14-9(15)17)27-11(5-13)7(12(10,11)19)28-32(23,24)30-33(25,26)29-31(20,21)22/h1,3-4,7-8,18-19H,5H2,(H,23,24)(H,25,26)(H,14,16,17)(H2,20,21,22). The lowest BCUT2D eigenvalue weighted by molar-refractivity contribution is -0.143. The molecule has 1 aliphatic heterocycles. The highest BCUT2D eigenvalue weighted by atomic mass is 35.5. The zero-order valence-corrected chi connectivity index (χ0v) is 19.1. The highest BCUT2D eigenvalue weighted by Gasteiger charge is 2.94. The summed E-state index contributed by atoms with van der Waals surface area (Å²) in [6.07, 6.45) is 2.13. The molecule has 2 heterocycles. The second-order valence-corrected chi connectivity index (χ2v) is 11.4. The van der Waals surface area contributed by atoms with Crippen molar-refractivity contribution in [2.75, 3.05) is 5.88 Å². The number of terminal acetylenes is 1. The van der Waals surface area contributed by atoms with Crippen LogP contribution < -0.4 is 11.2 Å². The number of phosphoric acid groups is 3. The van der Waals surface area contributed by atoms with Gasteiger partial charge in [0.1, 0.15) is 11.7 Å². The van der Waals surface area contributed by atoms with Gasteiger partial charge in [-0.2, -0.15) is 8.62 Å². The summed E-state index contributed by atoms with van der Waals surface area (Å²) >= 11 is 5.79. The molecule has 184 valence electrons. The Morgan fingerprint density at radius 1 is 1.18 bits per heavy atom. The van der Waals surface area contributed by atoms with E-state index in [2.05, 4.69) is 13.1 Å². The zero-order valence-electron chi connectivity index (χ0n) is 15.6. The van der Waals surface area contributed by atoms with Crippen LogP contribution in [0.25, 0.3) is 0 Å². The summed E-state index contributed by atoms with van der Waals surface area (Å²) in [5, 5.41) is 22.0. The molecule has 1 saturated heterocycles. The molecule has 2 fully saturated rings. The van der Waals surface area contributed by atoms with Crippen LogP contribution in [0.4, 0.5) is 0 Å². The third-order valence-electron chi connectivity index (χ3n) is 4.80. The van der Waals surface area contributed by atoms with Crippen molar-refractivity contribution in [1.29, 1.82) is 0 Å². The maximum Gasteiger partial charge on any atom is 0.490 e. The first kappa shape index (κ1) is 26.4. The van der Waals surface area contributed by atoms with Crippen molar-refractivity contribution >= 4 is 35.1 Å². The summed E-state index contributed by atoms with van der Waals surface area (Å²) in [4.78, 5) is 61.3. The lowest BCUT2D eigenvalue weighted by Crippen LogP contribution is -2.52. The van der Waals surface area contributed by atoms with Crippen molar-refractivity contribution in [3.8, 4) is 12.3 Å². The summed E-state index contributed by atoms with van der Waals surface area (Å²) in [5.41, 5.74) is -9.98. The van der Waals surface area contributed by atoms with Gasteiger partial charge in [0.05, 0.1) is 5.88 Å². The Morgan fingerprint density at radius 3 is 2.27 bits per heavy atom. The van der Waals surface area contributed by atoms with Crippen LogP contribution >= 0.6 is 35.1 Å². The molecule has 0 spiro atoms.